The standard InChI is InChI=1S/C16H23NO5/c1-12(2)8-14(10-21-11-15(18)19)17-16(20)22-9-13-6-4-3-5-7-13/h3-7,12,14H,8-11H2,1-2H3,(H,17,20)(H,18,19). The van der Waals surface area contributed by atoms with Crippen molar-refractivity contribution in [2.45, 2.75) is 32.9 Å². The van der Waals surface area contributed by atoms with Gasteiger partial charge in [0.25, 0.3) is 0 Å². The molecule has 0 aliphatic carbocycles. The molecule has 0 bridgehead atoms. The molecule has 0 radical (unpaired) electrons. The quantitative estimate of drug-likeness (QED) is 0.732. The summed E-state index contributed by atoms with van der Waals surface area (Å²) >= 11 is 0. The molecule has 1 atom stereocenters. The van der Waals surface area contributed by atoms with E-state index in [0.29, 0.717) is 12.3 Å². The summed E-state index contributed by atoms with van der Waals surface area (Å²) in [5, 5.41) is 11.3. The first-order chi connectivity index (χ1) is 10.5. The highest BCUT2D eigenvalue weighted by Gasteiger charge is 2.16. The Morgan fingerprint density at radius 1 is 1.23 bits per heavy atom. The zero-order valence-electron chi connectivity index (χ0n) is 13.0. The SMILES string of the molecule is CC(C)CC(COCC(=O)O)NC(=O)OCc1ccccc1. The van der Waals surface area contributed by atoms with Gasteiger partial charge in [-0.1, -0.05) is 44.2 Å². The van der Waals surface area contributed by atoms with Gasteiger partial charge in [-0.15, -0.1) is 0 Å². The fraction of sp³-hybridized carbons (Fsp3) is 0.500. The molecule has 0 aliphatic heterocycles. The van der Waals surface area contributed by atoms with E-state index < -0.39 is 12.1 Å². The normalized spacial score (nSPS) is 12.0. The predicted molar refractivity (Wildman–Crippen MR) is 81.5 cm³/mol. The van der Waals surface area contributed by atoms with Gasteiger partial charge in [0, 0.05) is 0 Å². The van der Waals surface area contributed by atoms with Gasteiger partial charge in [0.05, 0.1) is 12.6 Å². The summed E-state index contributed by atoms with van der Waals surface area (Å²) in [6, 6.07) is 9.10. The fourth-order valence-electron chi connectivity index (χ4n) is 1.96. The molecule has 0 saturated carbocycles. The van der Waals surface area contributed by atoms with E-state index >= 15 is 0 Å². The smallest absolute Gasteiger partial charge is 0.407 e. The molecule has 1 aromatic carbocycles. The molecule has 0 spiro atoms. The Morgan fingerprint density at radius 2 is 1.91 bits per heavy atom. The number of carboxylic acids is 1. The zero-order chi connectivity index (χ0) is 16.4. The largest absolute Gasteiger partial charge is 0.480 e. The number of hydrogen-bond donors (Lipinski definition) is 2. The van der Waals surface area contributed by atoms with Crippen LogP contribution >= 0.6 is 0 Å². The van der Waals surface area contributed by atoms with Crippen LogP contribution < -0.4 is 5.32 Å². The van der Waals surface area contributed by atoms with E-state index in [2.05, 4.69) is 5.32 Å². The highest BCUT2D eigenvalue weighted by atomic mass is 16.5. The topological polar surface area (TPSA) is 84.9 Å². The number of amides is 1. The van der Waals surface area contributed by atoms with Crippen molar-refractivity contribution in [2.24, 2.45) is 5.92 Å². The van der Waals surface area contributed by atoms with Crippen molar-refractivity contribution in [3.05, 3.63) is 35.9 Å². The maximum Gasteiger partial charge on any atom is 0.407 e. The van der Waals surface area contributed by atoms with Crippen LogP contribution in [-0.2, 0) is 20.9 Å². The lowest BCUT2D eigenvalue weighted by molar-refractivity contribution is -0.142. The van der Waals surface area contributed by atoms with Gasteiger partial charge in [-0.3, -0.25) is 0 Å². The molecule has 1 amide bonds. The van der Waals surface area contributed by atoms with Gasteiger partial charge in [0.2, 0.25) is 0 Å². The number of hydrogen-bond acceptors (Lipinski definition) is 4. The van der Waals surface area contributed by atoms with Crippen LogP contribution in [0.4, 0.5) is 4.79 Å². The molecule has 1 aromatic rings. The van der Waals surface area contributed by atoms with E-state index in [9.17, 15) is 9.59 Å². The number of carboxylic acid groups (broad SMARTS) is 1. The van der Waals surface area contributed by atoms with Crippen molar-refractivity contribution in [3.63, 3.8) is 0 Å². The molecule has 22 heavy (non-hydrogen) atoms. The van der Waals surface area contributed by atoms with Gasteiger partial charge in [-0.2, -0.15) is 0 Å². The molecule has 1 rings (SSSR count). The van der Waals surface area contributed by atoms with Crippen molar-refractivity contribution < 1.29 is 24.2 Å². The molecular weight excluding hydrogens is 286 g/mol. The van der Waals surface area contributed by atoms with Gasteiger partial charge in [-0.25, -0.2) is 9.59 Å². The Balaban J connectivity index is 2.38. The van der Waals surface area contributed by atoms with Gasteiger partial charge >= 0.3 is 12.1 Å². The fourth-order valence-corrected chi connectivity index (χ4v) is 1.96. The molecule has 6 heteroatoms. The Kier molecular flexibility index (Phi) is 7.99. The van der Waals surface area contributed by atoms with Crippen molar-refractivity contribution in [2.75, 3.05) is 13.2 Å². The third kappa shape index (κ3) is 8.26. The lowest BCUT2D eigenvalue weighted by Gasteiger charge is -2.20. The molecule has 2 N–H and O–H groups in total. The van der Waals surface area contributed by atoms with Crippen molar-refractivity contribution in [1.82, 2.24) is 5.32 Å². The van der Waals surface area contributed by atoms with E-state index in [1.165, 1.54) is 0 Å². The first kappa shape index (κ1) is 18.0. The zero-order valence-corrected chi connectivity index (χ0v) is 13.0. The maximum atomic E-state index is 11.8. The second kappa shape index (κ2) is 9.78. The van der Waals surface area contributed by atoms with Gasteiger partial charge in [0.1, 0.15) is 13.2 Å². The van der Waals surface area contributed by atoms with Crippen LogP contribution in [-0.4, -0.2) is 36.4 Å². The van der Waals surface area contributed by atoms with E-state index in [0.717, 1.165) is 5.56 Å². The van der Waals surface area contributed by atoms with Crippen LogP contribution in [0.15, 0.2) is 30.3 Å². The average Bonchev–Trinajstić information content (AvgIpc) is 2.45. The predicted octanol–water partition coefficient (Wildman–Crippen LogP) is 2.43. The summed E-state index contributed by atoms with van der Waals surface area (Å²) in [6.07, 6.45) is 0.147. The average molecular weight is 309 g/mol. The monoisotopic (exact) mass is 309 g/mol. The Bertz CT molecular complexity index is 461. The second-order valence-corrected chi connectivity index (χ2v) is 5.44. The van der Waals surface area contributed by atoms with E-state index in [1.54, 1.807) is 0 Å². The molecule has 122 valence electrons. The second-order valence-electron chi connectivity index (χ2n) is 5.44. The highest BCUT2D eigenvalue weighted by molar-refractivity contribution is 5.68. The van der Waals surface area contributed by atoms with Crippen LogP contribution in [0.25, 0.3) is 0 Å². The molecule has 0 heterocycles. The summed E-state index contributed by atoms with van der Waals surface area (Å²) in [7, 11) is 0. The van der Waals surface area contributed by atoms with Gasteiger partial charge in [-0.05, 0) is 17.9 Å². The summed E-state index contributed by atoms with van der Waals surface area (Å²) in [4.78, 5) is 22.2. The van der Waals surface area contributed by atoms with Gasteiger partial charge in [0.15, 0.2) is 0 Å². The van der Waals surface area contributed by atoms with Crippen LogP contribution in [0.3, 0.4) is 0 Å². The number of benzene rings is 1. The van der Waals surface area contributed by atoms with Crippen molar-refractivity contribution in [1.29, 1.82) is 0 Å². The van der Waals surface area contributed by atoms with Crippen LogP contribution in [0.2, 0.25) is 0 Å². The van der Waals surface area contributed by atoms with Crippen LogP contribution in [0.1, 0.15) is 25.8 Å². The molecule has 0 aliphatic rings. The Morgan fingerprint density at radius 3 is 2.50 bits per heavy atom. The number of rotatable bonds is 9. The highest BCUT2D eigenvalue weighted by Crippen LogP contribution is 2.06. The van der Waals surface area contributed by atoms with Crippen LogP contribution in [0.5, 0.6) is 0 Å². The third-order valence-electron chi connectivity index (χ3n) is 2.84. The number of nitrogens with one attached hydrogen (secondary N) is 1. The molecule has 1 unspecified atom stereocenters. The minimum Gasteiger partial charge on any atom is -0.480 e. The number of alkyl carbamates (subject to hydrolysis) is 1. The first-order valence-electron chi connectivity index (χ1n) is 7.24. The number of carbonyl (C=O) groups excluding carboxylic acids is 1. The van der Waals surface area contributed by atoms with E-state index in [1.807, 2.05) is 44.2 Å². The maximum absolute atomic E-state index is 11.8. The third-order valence-corrected chi connectivity index (χ3v) is 2.84. The lowest BCUT2D eigenvalue weighted by atomic mass is 10.0. The minimum absolute atomic E-state index is 0.144. The molecule has 6 nitrogen and oxygen atoms in total. The molecule has 0 aromatic heterocycles. The van der Waals surface area contributed by atoms with Crippen molar-refractivity contribution >= 4 is 12.1 Å². The van der Waals surface area contributed by atoms with E-state index in [4.69, 9.17) is 14.6 Å². The van der Waals surface area contributed by atoms with Crippen molar-refractivity contribution in [3.8, 4) is 0 Å². The summed E-state index contributed by atoms with van der Waals surface area (Å²) in [5.41, 5.74) is 0.903. The minimum atomic E-state index is -1.03. The molecule has 0 fully saturated rings. The number of aliphatic carboxylic acids is 1. The summed E-state index contributed by atoms with van der Waals surface area (Å²) in [5.74, 6) is -0.692. The van der Waals surface area contributed by atoms with E-state index in [-0.39, 0.29) is 25.9 Å². The molecular formula is C16H23NO5. The lowest BCUT2D eigenvalue weighted by Crippen LogP contribution is -2.39. The number of ether oxygens (including phenoxy) is 2. The van der Waals surface area contributed by atoms with Gasteiger partial charge < -0.3 is 19.9 Å². The van der Waals surface area contributed by atoms with Crippen LogP contribution in [0, 0.1) is 5.92 Å². The number of carbonyl (C=O) groups is 2. The first-order valence-corrected chi connectivity index (χ1v) is 7.24. The Labute approximate surface area is 130 Å². The summed E-state index contributed by atoms with van der Waals surface area (Å²) in [6.45, 7) is 3.99. The molecule has 0 saturated heterocycles. The summed E-state index contributed by atoms with van der Waals surface area (Å²) < 4.78 is 10.2. The Hall–Kier alpha value is -2.08.